The molecule has 108 valence electrons. The first-order chi connectivity index (χ1) is 9.71. The SMILES string of the molecule is CCOCc1nc(NN)cc(NCc2ccc(C)s2)n1. The predicted octanol–water partition coefficient (Wildman–Crippen LogP) is 2.28. The zero-order valence-corrected chi connectivity index (χ0v) is 12.5. The monoisotopic (exact) mass is 293 g/mol. The van der Waals surface area contributed by atoms with E-state index in [0.717, 1.165) is 12.4 Å². The van der Waals surface area contributed by atoms with Crippen molar-refractivity contribution >= 4 is 23.0 Å². The Morgan fingerprint density at radius 3 is 2.75 bits per heavy atom. The van der Waals surface area contributed by atoms with Gasteiger partial charge in [-0.15, -0.1) is 11.3 Å². The molecule has 0 atom stereocenters. The van der Waals surface area contributed by atoms with Crippen LogP contribution >= 0.6 is 11.3 Å². The van der Waals surface area contributed by atoms with E-state index in [1.54, 1.807) is 17.4 Å². The Kier molecular flexibility index (Phi) is 5.28. The quantitative estimate of drug-likeness (QED) is 0.536. The summed E-state index contributed by atoms with van der Waals surface area (Å²) in [6.07, 6.45) is 0. The van der Waals surface area contributed by atoms with Crippen molar-refractivity contribution in [3.05, 3.63) is 33.8 Å². The molecule has 4 N–H and O–H groups in total. The highest BCUT2D eigenvalue weighted by Crippen LogP contribution is 2.17. The summed E-state index contributed by atoms with van der Waals surface area (Å²) in [5, 5.41) is 3.27. The molecule has 6 nitrogen and oxygen atoms in total. The van der Waals surface area contributed by atoms with Crippen LogP contribution in [0.5, 0.6) is 0 Å². The van der Waals surface area contributed by atoms with Gasteiger partial charge in [-0.2, -0.15) is 0 Å². The van der Waals surface area contributed by atoms with Crippen molar-refractivity contribution in [1.82, 2.24) is 9.97 Å². The van der Waals surface area contributed by atoms with Gasteiger partial charge in [0.2, 0.25) is 0 Å². The lowest BCUT2D eigenvalue weighted by molar-refractivity contribution is 0.128. The van der Waals surface area contributed by atoms with Crippen LogP contribution in [0, 0.1) is 6.92 Å². The third kappa shape index (κ3) is 4.16. The van der Waals surface area contributed by atoms with Crippen molar-refractivity contribution in [1.29, 1.82) is 0 Å². The van der Waals surface area contributed by atoms with Crippen LogP contribution in [0.25, 0.3) is 0 Å². The zero-order valence-electron chi connectivity index (χ0n) is 11.6. The fourth-order valence-corrected chi connectivity index (χ4v) is 2.51. The molecular weight excluding hydrogens is 274 g/mol. The minimum absolute atomic E-state index is 0.374. The Bertz CT molecular complexity index is 557. The molecule has 0 amide bonds. The Morgan fingerprint density at radius 2 is 2.10 bits per heavy atom. The lowest BCUT2D eigenvalue weighted by Crippen LogP contribution is -2.12. The maximum absolute atomic E-state index is 5.42. The second-order valence-corrected chi connectivity index (χ2v) is 5.57. The molecule has 0 aromatic carbocycles. The Morgan fingerprint density at radius 1 is 1.30 bits per heavy atom. The van der Waals surface area contributed by atoms with E-state index in [2.05, 4.69) is 39.8 Å². The molecule has 0 saturated heterocycles. The van der Waals surface area contributed by atoms with Crippen LogP contribution in [0.4, 0.5) is 11.6 Å². The summed E-state index contributed by atoms with van der Waals surface area (Å²) >= 11 is 1.76. The number of nitrogen functional groups attached to an aromatic ring is 1. The fraction of sp³-hybridized carbons (Fsp3) is 0.385. The Labute approximate surface area is 122 Å². The molecule has 0 saturated carbocycles. The second-order valence-electron chi connectivity index (χ2n) is 4.20. The number of nitrogens with two attached hydrogens (primary N) is 1. The molecular formula is C13H19N5OS. The highest BCUT2D eigenvalue weighted by molar-refractivity contribution is 7.11. The van der Waals surface area contributed by atoms with E-state index in [1.807, 2.05) is 6.92 Å². The molecule has 2 aromatic rings. The summed E-state index contributed by atoms with van der Waals surface area (Å²) in [6, 6.07) is 5.99. The molecule has 20 heavy (non-hydrogen) atoms. The third-order valence-electron chi connectivity index (χ3n) is 2.60. The lowest BCUT2D eigenvalue weighted by atomic mass is 10.4. The number of aromatic nitrogens is 2. The van der Waals surface area contributed by atoms with Gasteiger partial charge in [0.1, 0.15) is 18.2 Å². The molecule has 0 fully saturated rings. The number of hydrazine groups is 1. The Hall–Kier alpha value is -1.70. The molecule has 2 heterocycles. The van der Waals surface area contributed by atoms with Gasteiger partial charge in [-0.1, -0.05) is 0 Å². The molecule has 2 rings (SSSR count). The van der Waals surface area contributed by atoms with E-state index >= 15 is 0 Å². The number of hydrogen-bond donors (Lipinski definition) is 3. The maximum Gasteiger partial charge on any atom is 0.158 e. The van der Waals surface area contributed by atoms with E-state index in [0.29, 0.717) is 24.9 Å². The van der Waals surface area contributed by atoms with Gasteiger partial charge in [0.05, 0.1) is 6.54 Å². The van der Waals surface area contributed by atoms with Crippen molar-refractivity contribution in [2.45, 2.75) is 27.0 Å². The van der Waals surface area contributed by atoms with E-state index in [-0.39, 0.29) is 0 Å². The molecule has 0 aliphatic rings. The minimum Gasteiger partial charge on any atom is -0.374 e. The number of ether oxygens (including phenoxy) is 1. The second kappa shape index (κ2) is 7.18. The molecule has 0 bridgehead atoms. The van der Waals surface area contributed by atoms with Gasteiger partial charge in [-0.25, -0.2) is 15.8 Å². The third-order valence-corrected chi connectivity index (χ3v) is 3.60. The molecule has 0 unspecified atom stereocenters. The summed E-state index contributed by atoms with van der Waals surface area (Å²) in [5.41, 5.74) is 2.54. The van der Waals surface area contributed by atoms with E-state index in [1.165, 1.54) is 9.75 Å². The fourth-order valence-electron chi connectivity index (χ4n) is 1.68. The van der Waals surface area contributed by atoms with Crippen molar-refractivity contribution < 1.29 is 4.74 Å². The van der Waals surface area contributed by atoms with Gasteiger partial charge in [0.15, 0.2) is 5.82 Å². The first kappa shape index (κ1) is 14.7. The van der Waals surface area contributed by atoms with Crippen LogP contribution in [0.15, 0.2) is 18.2 Å². The minimum atomic E-state index is 0.374. The normalized spacial score (nSPS) is 10.6. The van der Waals surface area contributed by atoms with Crippen LogP contribution in [0.1, 0.15) is 22.5 Å². The number of nitrogens with one attached hydrogen (secondary N) is 2. The smallest absolute Gasteiger partial charge is 0.158 e. The number of hydrogen-bond acceptors (Lipinski definition) is 7. The first-order valence-electron chi connectivity index (χ1n) is 6.42. The van der Waals surface area contributed by atoms with Gasteiger partial charge < -0.3 is 15.5 Å². The first-order valence-corrected chi connectivity index (χ1v) is 7.24. The molecule has 0 aliphatic carbocycles. The highest BCUT2D eigenvalue weighted by Gasteiger charge is 2.05. The number of aryl methyl sites for hydroxylation is 1. The summed E-state index contributed by atoms with van der Waals surface area (Å²) in [5.74, 6) is 7.32. The molecule has 0 spiro atoms. The van der Waals surface area contributed by atoms with Crippen molar-refractivity contribution in [3.8, 4) is 0 Å². The molecule has 0 aliphatic heterocycles. The summed E-state index contributed by atoms with van der Waals surface area (Å²) < 4.78 is 5.32. The van der Waals surface area contributed by atoms with E-state index in [4.69, 9.17) is 10.6 Å². The summed E-state index contributed by atoms with van der Waals surface area (Å²) in [6.45, 7) is 5.76. The van der Waals surface area contributed by atoms with Crippen LogP contribution in [0.3, 0.4) is 0 Å². The van der Waals surface area contributed by atoms with Crippen molar-refractivity contribution in [2.24, 2.45) is 5.84 Å². The van der Waals surface area contributed by atoms with Crippen LogP contribution < -0.4 is 16.6 Å². The predicted molar refractivity (Wildman–Crippen MR) is 81.6 cm³/mol. The largest absolute Gasteiger partial charge is 0.374 e. The van der Waals surface area contributed by atoms with Gasteiger partial charge in [-0.3, -0.25) is 0 Å². The average Bonchev–Trinajstić information content (AvgIpc) is 2.88. The molecule has 0 radical (unpaired) electrons. The van der Waals surface area contributed by atoms with Crippen LogP contribution in [-0.2, 0) is 17.9 Å². The summed E-state index contributed by atoms with van der Waals surface area (Å²) in [7, 11) is 0. The van der Waals surface area contributed by atoms with E-state index in [9.17, 15) is 0 Å². The number of anilines is 2. The van der Waals surface area contributed by atoms with Gasteiger partial charge in [-0.05, 0) is 26.0 Å². The highest BCUT2D eigenvalue weighted by atomic mass is 32.1. The standard InChI is InChI=1S/C13H19N5OS/c1-3-19-8-13-16-11(6-12(17-13)18-14)15-7-10-5-4-9(2)20-10/h4-6H,3,7-8,14H2,1-2H3,(H2,15,16,17,18). The van der Waals surface area contributed by atoms with Crippen LogP contribution in [0.2, 0.25) is 0 Å². The Balaban J connectivity index is 2.05. The number of nitrogens with zero attached hydrogens (tertiary/aromatic N) is 2. The zero-order chi connectivity index (χ0) is 14.4. The molecule has 2 aromatic heterocycles. The summed E-state index contributed by atoms with van der Waals surface area (Å²) in [4.78, 5) is 11.2. The molecule has 7 heteroatoms. The number of rotatable bonds is 7. The van der Waals surface area contributed by atoms with Crippen molar-refractivity contribution in [3.63, 3.8) is 0 Å². The lowest BCUT2D eigenvalue weighted by Gasteiger charge is -2.09. The number of thiophene rings is 1. The van der Waals surface area contributed by atoms with Crippen LogP contribution in [-0.4, -0.2) is 16.6 Å². The van der Waals surface area contributed by atoms with Gasteiger partial charge in [0, 0.05) is 22.4 Å². The van der Waals surface area contributed by atoms with Gasteiger partial charge >= 0.3 is 0 Å². The average molecular weight is 293 g/mol. The maximum atomic E-state index is 5.42. The topological polar surface area (TPSA) is 85.1 Å². The van der Waals surface area contributed by atoms with Gasteiger partial charge in [0.25, 0.3) is 0 Å². The van der Waals surface area contributed by atoms with Crippen molar-refractivity contribution in [2.75, 3.05) is 17.3 Å². The van der Waals surface area contributed by atoms with E-state index < -0.39 is 0 Å².